The quantitative estimate of drug-likeness (QED) is 0.569. The van der Waals surface area contributed by atoms with E-state index >= 15 is 0 Å². The van der Waals surface area contributed by atoms with Crippen LogP contribution in [0.5, 0.6) is 0 Å². The lowest BCUT2D eigenvalue weighted by Gasteiger charge is -2.02. The van der Waals surface area contributed by atoms with Gasteiger partial charge in [-0.25, -0.2) is 9.97 Å². The van der Waals surface area contributed by atoms with Gasteiger partial charge in [-0.2, -0.15) is 0 Å². The zero-order chi connectivity index (χ0) is 15.6. The number of aryl methyl sites for hydroxylation is 1. The van der Waals surface area contributed by atoms with Crippen molar-refractivity contribution in [3.05, 3.63) is 64.9 Å². The Bertz CT molecular complexity index is 923. The Morgan fingerprint density at radius 3 is 2.87 bits per heavy atom. The number of nitrogens with zero attached hydrogens (tertiary/aromatic N) is 4. The van der Waals surface area contributed by atoms with Gasteiger partial charge in [0.25, 0.3) is 0 Å². The molecule has 3 heterocycles. The molecule has 0 N–H and O–H groups in total. The van der Waals surface area contributed by atoms with E-state index in [9.17, 15) is 0 Å². The summed E-state index contributed by atoms with van der Waals surface area (Å²) in [7, 11) is 0. The Kier molecular flexibility index (Phi) is 3.51. The number of hydrogen-bond donors (Lipinski definition) is 0. The van der Waals surface area contributed by atoms with Crippen LogP contribution in [0, 0.1) is 6.92 Å². The van der Waals surface area contributed by atoms with Gasteiger partial charge in [0.05, 0.1) is 17.2 Å². The molecule has 0 radical (unpaired) electrons. The maximum Gasteiger partial charge on any atom is 0.202 e. The molecule has 23 heavy (non-hydrogen) atoms. The Hall–Kier alpha value is -2.73. The molecule has 0 atom stereocenters. The summed E-state index contributed by atoms with van der Waals surface area (Å²) in [4.78, 5) is 8.90. The van der Waals surface area contributed by atoms with Gasteiger partial charge in [0.1, 0.15) is 5.69 Å². The van der Waals surface area contributed by atoms with Gasteiger partial charge < -0.3 is 9.09 Å². The van der Waals surface area contributed by atoms with Crippen LogP contribution in [0.3, 0.4) is 0 Å². The minimum atomic E-state index is 0.654. The monoisotopic (exact) mass is 322 g/mol. The minimum Gasteiger partial charge on any atom is -0.352 e. The van der Waals surface area contributed by atoms with Gasteiger partial charge in [0.2, 0.25) is 5.76 Å². The molecular formula is C17H14N4OS. The summed E-state index contributed by atoms with van der Waals surface area (Å²) in [6.07, 6.45) is 3.69. The number of thiazole rings is 1. The summed E-state index contributed by atoms with van der Waals surface area (Å²) in [5, 5.41) is 7.28. The van der Waals surface area contributed by atoms with Crippen molar-refractivity contribution < 1.29 is 4.52 Å². The van der Waals surface area contributed by atoms with E-state index < -0.39 is 0 Å². The van der Waals surface area contributed by atoms with Crippen LogP contribution >= 0.6 is 11.3 Å². The summed E-state index contributed by atoms with van der Waals surface area (Å²) in [5.41, 5.74) is 2.85. The van der Waals surface area contributed by atoms with E-state index in [-0.39, 0.29) is 0 Å². The van der Waals surface area contributed by atoms with E-state index in [0.29, 0.717) is 12.3 Å². The molecule has 0 saturated carbocycles. The maximum atomic E-state index is 5.50. The molecule has 0 spiro atoms. The first-order valence-electron chi connectivity index (χ1n) is 7.24. The van der Waals surface area contributed by atoms with E-state index in [2.05, 4.69) is 20.5 Å². The highest BCUT2D eigenvalue weighted by Crippen LogP contribution is 2.25. The first-order chi connectivity index (χ1) is 11.3. The summed E-state index contributed by atoms with van der Waals surface area (Å²) >= 11 is 1.65. The fraction of sp³-hybridized carbons (Fsp3) is 0.118. The smallest absolute Gasteiger partial charge is 0.202 e. The Morgan fingerprint density at radius 1 is 1.22 bits per heavy atom. The van der Waals surface area contributed by atoms with Gasteiger partial charge in [0, 0.05) is 29.4 Å². The summed E-state index contributed by atoms with van der Waals surface area (Å²) in [5.74, 6) is 1.41. The highest BCUT2D eigenvalue weighted by Gasteiger charge is 2.14. The summed E-state index contributed by atoms with van der Waals surface area (Å²) in [6.45, 7) is 2.67. The SMILES string of the molecule is Cc1nc(Cn2ccnc2-c2cc(-c3ccccc3)no2)cs1. The molecule has 0 unspecified atom stereocenters. The standard InChI is InChI=1S/C17H14N4OS/c1-12-19-14(11-23-12)10-21-8-7-18-17(21)16-9-15(20-22-16)13-5-3-2-4-6-13/h2-9,11H,10H2,1H3. The molecule has 0 fully saturated rings. The lowest BCUT2D eigenvalue weighted by molar-refractivity contribution is 0.430. The van der Waals surface area contributed by atoms with Gasteiger partial charge in [-0.1, -0.05) is 35.5 Å². The van der Waals surface area contributed by atoms with E-state index in [4.69, 9.17) is 4.52 Å². The normalized spacial score (nSPS) is 11.0. The van der Waals surface area contributed by atoms with Crippen molar-refractivity contribution in [2.45, 2.75) is 13.5 Å². The van der Waals surface area contributed by atoms with Crippen molar-refractivity contribution in [3.63, 3.8) is 0 Å². The zero-order valence-corrected chi connectivity index (χ0v) is 13.3. The van der Waals surface area contributed by atoms with Crippen LogP contribution in [0.1, 0.15) is 10.7 Å². The molecule has 1 aromatic carbocycles. The molecule has 0 bridgehead atoms. The van der Waals surface area contributed by atoms with Crippen molar-refractivity contribution >= 4 is 11.3 Å². The molecule has 4 aromatic rings. The summed E-state index contributed by atoms with van der Waals surface area (Å²) < 4.78 is 7.51. The zero-order valence-electron chi connectivity index (χ0n) is 12.5. The summed E-state index contributed by atoms with van der Waals surface area (Å²) in [6, 6.07) is 11.9. The van der Waals surface area contributed by atoms with Crippen molar-refractivity contribution in [2.75, 3.05) is 0 Å². The first-order valence-corrected chi connectivity index (χ1v) is 8.12. The molecule has 5 nitrogen and oxygen atoms in total. The average molecular weight is 322 g/mol. The van der Waals surface area contributed by atoms with Crippen LogP contribution in [0.25, 0.3) is 22.8 Å². The molecular weight excluding hydrogens is 308 g/mol. The van der Waals surface area contributed by atoms with E-state index in [1.165, 1.54) is 0 Å². The van der Waals surface area contributed by atoms with Crippen LogP contribution < -0.4 is 0 Å². The fourth-order valence-electron chi connectivity index (χ4n) is 2.44. The van der Waals surface area contributed by atoms with Gasteiger partial charge in [-0.05, 0) is 6.92 Å². The van der Waals surface area contributed by atoms with Crippen molar-refractivity contribution in [3.8, 4) is 22.8 Å². The number of imidazole rings is 1. The minimum absolute atomic E-state index is 0.654. The highest BCUT2D eigenvalue weighted by molar-refractivity contribution is 7.09. The third-order valence-electron chi connectivity index (χ3n) is 3.51. The second-order valence-electron chi connectivity index (χ2n) is 5.18. The molecule has 0 amide bonds. The van der Waals surface area contributed by atoms with Gasteiger partial charge in [-0.15, -0.1) is 11.3 Å². The van der Waals surface area contributed by atoms with Crippen LogP contribution in [0.4, 0.5) is 0 Å². The molecule has 6 heteroatoms. The van der Waals surface area contributed by atoms with Gasteiger partial charge in [-0.3, -0.25) is 0 Å². The Balaban J connectivity index is 1.64. The largest absolute Gasteiger partial charge is 0.352 e. The van der Waals surface area contributed by atoms with Gasteiger partial charge in [0.15, 0.2) is 5.82 Å². The topological polar surface area (TPSA) is 56.7 Å². The molecule has 0 aliphatic carbocycles. The van der Waals surface area contributed by atoms with Crippen molar-refractivity contribution in [1.29, 1.82) is 0 Å². The number of aromatic nitrogens is 4. The number of benzene rings is 1. The molecule has 0 saturated heterocycles. The van der Waals surface area contributed by atoms with Crippen LogP contribution in [-0.4, -0.2) is 19.7 Å². The fourth-order valence-corrected chi connectivity index (χ4v) is 3.05. The van der Waals surface area contributed by atoms with Crippen LogP contribution in [-0.2, 0) is 6.54 Å². The van der Waals surface area contributed by atoms with Crippen molar-refractivity contribution in [2.24, 2.45) is 0 Å². The van der Waals surface area contributed by atoms with Crippen molar-refractivity contribution in [1.82, 2.24) is 19.7 Å². The predicted molar refractivity (Wildman–Crippen MR) is 89.1 cm³/mol. The molecule has 0 aliphatic rings. The third kappa shape index (κ3) is 2.80. The maximum absolute atomic E-state index is 5.50. The lowest BCUT2D eigenvalue weighted by atomic mass is 10.1. The third-order valence-corrected chi connectivity index (χ3v) is 4.34. The van der Waals surface area contributed by atoms with Crippen LogP contribution in [0.15, 0.2) is 58.7 Å². The number of hydrogen-bond acceptors (Lipinski definition) is 5. The van der Waals surface area contributed by atoms with Crippen LogP contribution in [0.2, 0.25) is 0 Å². The molecule has 4 rings (SSSR count). The average Bonchev–Trinajstić information content (AvgIpc) is 3.29. The number of rotatable bonds is 4. The Labute approximate surface area is 137 Å². The Morgan fingerprint density at radius 2 is 2.09 bits per heavy atom. The first kappa shape index (κ1) is 13.9. The second kappa shape index (κ2) is 5.81. The second-order valence-corrected chi connectivity index (χ2v) is 6.24. The van der Waals surface area contributed by atoms with E-state index in [1.807, 2.05) is 54.1 Å². The van der Waals surface area contributed by atoms with Gasteiger partial charge >= 0.3 is 0 Å². The predicted octanol–water partition coefficient (Wildman–Crippen LogP) is 4.02. The molecule has 114 valence electrons. The molecule has 3 aromatic heterocycles. The van der Waals surface area contributed by atoms with E-state index in [1.54, 1.807) is 17.5 Å². The molecule has 0 aliphatic heterocycles. The van der Waals surface area contributed by atoms with E-state index in [0.717, 1.165) is 27.8 Å². The highest BCUT2D eigenvalue weighted by atomic mass is 32.1. The lowest BCUT2D eigenvalue weighted by Crippen LogP contribution is -2.01.